The van der Waals surface area contributed by atoms with Crippen LogP contribution in [0.15, 0.2) is 89.7 Å². The summed E-state index contributed by atoms with van der Waals surface area (Å²) in [5.74, 6) is 0.586. The molecule has 29 heavy (non-hydrogen) atoms. The van der Waals surface area contributed by atoms with E-state index in [-0.39, 0.29) is 11.4 Å². The molecule has 0 radical (unpaired) electrons. The molecule has 2 N–H and O–H groups in total. The van der Waals surface area contributed by atoms with Crippen LogP contribution in [-0.4, -0.2) is 14.5 Å². The molecule has 1 aromatic heterocycles. The Kier molecular flexibility index (Phi) is 4.94. The van der Waals surface area contributed by atoms with Gasteiger partial charge in [0, 0.05) is 24.2 Å². The zero-order chi connectivity index (χ0) is 20.2. The van der Waals surface area contributed by atoms with Gasteiger partial charge in [-0.2, -0.15) is 0 Å². The average molecular weight is 386 g/mol. The van der Waals surface area contributed by atoms with Crippen LogP contribution < -0.4 is 11.0 Å². The molecule has 1 heterocycles. The van der Waals surface area contributed by atoms with E-state index in [2.05, 4.69) is 10.3 Å². The Morgan fingerprint density at radius 3 is 2.14 bits per heavy atom. The SMILES string of the molecule is O=c1[nH]c(NCc2ccccc2)c(-c2ccccc2)n1-c1ccc([N+](=O)[O-])cc1. The minimum Gasteiger partial charge on any atom is -0.366 e. The molecular weight excluding hydrogens is 368 g/mol. The fourth-order valence-corrected chi connectivity index (χ4v) is 3.19. The number of nitro groups is 1. The summed E-state index contributed by atoms with van der Waals surface area (Å²) < 4.78 is 1.52. The van der Waals surface area contributed by atoms with Gasteiger partial charge in [-0.3, -0.25) is 19.7 Å². The van der Waals surface area contributed by atoms with Crippen molar-refractivity contribution in [2.24, 2.45) is 0 Å². The van der Waals surface area contributed by atoms with Crippen molar-refractivity contribution in [1.29, 1.82) is 0 Å². The number of non-ortho nitro benzene ring substituents is 1. The molecule has 7 nitrogen and oxygen atoms in total. The number of nitrogens with zero attached hydrogens (tertiary/aromatic N) is 2. The quantitative estimate of drug-likeness (QED) is 0.380. The monoisotopic (exact) mass is 386 g/mol. The summed E-state index contributed by atoms with van der Waals surface area (Å²) in [7, 11) is 0. The van der Waals surface area contributed by atoms with Gasteiger partial charge in [0.2, 0.25) is 0 Å². The summed E-state index contributed by atoms with van der Waals surface area (Å²) in [5.41, 5.74) is 2.79. The van der Waals surface area contributed by atoms with Gasteiger partial charge in [0.25, 0.3) is 5.69 Å². The highest BCUT2D eigenvalue weighted by molar-refractivity contribution is 5.74. The Labute approximate surface area is 166 Å². The van der Waals surface area contributed by atoms with Gasteiger partial charge in [-0.1, -0.05) is 60.7 Å². The van der Waals surface area contributed by atoms with Crippen molar-refractivity contribution in [2.75, 3.05) is 5.32 Å². The van der Waals surface area contributed by atoms with Crippen LogP contribution in [0.5, 0.6) is 0 Å². The fourth-order valence-electron chi connectivity index (χ4n) is 3.19. The Morgan fingerprint density at radius 2 is 1.52 bits per heavy atom. The van der Waals surface area contributed by atoms with Gasteiger partial charge < -0.3 is 5.32 Å². The summed E-state index contributed by atoms with van der Waals surface area (Å²) >= 11 is 0. The molecule has 0 aliphatic rings. The maximum absolute atomic E-state index is 12.8. The molecular formula is C22H18N4O3. The first-order chi connectivity index (χ1) is 14.1. The number of benzene rings is 3. The van der Waals surface area contributed by atoms with Crippen LogP contribution >= 0.6 is 0 Å². The van der Waals surface area contributed by atoms with Crippen LogP contribution in [0.25, 0.3) is 16.9 Å². The molecule has 0 unspecified atom stereocenters. The number of nitrogens with one attached hydrogen (secondary N) is 2. The molecule has 0 amide bonds. The second kappa shape index (κ2) is 7.85. The summed E-state index contributed by atoms with van der Waals surface area (Å²) in [6.45, 7) is 0.543. The van der Waals surface area contributed by atoms with E-state index in [4.69, 9.17) is 0 Å². The largest absolute Gasteiger partial charge is 0.366 e. The molecule has 0 aliphatic carbocycles. The minimum absolute atomic E-state index is 0.0268. The normalized spacial score (nSPS) is 10.6. The molecule has 4 aromatic rings. The Balaban J connectivity index is 1.79. The zero-order valence-electron chi connectivity index (χ0n) is 15.4. The van der Waals surface area contributed by atoms with Gasteiger partial charge in [0.15, 0.2) is 0 Å². The van der Waals surface area contributed by atoms with E-state index in [9.17, 15) is 14.9 Å². The molecule has 3 aromatic carbocycles. The van der Waals surface area contributed by atoms with Gasteiger partial charge in [0.05, 0.1) is 16.3 Å². The third-order valence-corrected chi connectivity index (χ3v) is 4.57. The van der Waals surface area contributed by atoms with Gasteiger partial charge in [-0.05, 0) is 17.7 Å². The summed E-state index contributed by atoms with van der Waals surface area (Å²) in [6.07, 6.45) is 0. The Hall–Kier alpha value is -4.13. The standard InChI is InChI=1S/C22H18N4O3/c27-22-24-21(23-15-16-7-3-1-4-8-16)20(17-9-5-2-6-10-17)25(22)18-11-13-19(14-12-18)26(28)29/h1-14,23H,15H2,(H,24,27). The molecule has 0 saturated carbocycles. The van der Waals surface area contributed by atoms with Crippen LogP contribution in [0.2, 0.25) is 0 Å². The number of aromatic amines is 1. The van der Waals surface area contributed by atoms with Crippen molar-refractivity contribution in [2.45, 2.75) is 6.54 Å². The number of hydrogen-bond acceptors (Lipinski definition) is 4. The lowest BCUT2D eigenvalue weighted by molar-refractivity contribution is -0.384. The number of imidazole rings is 1. The van der Waals surface area contributed by atoms with Crippen LogP contribution in [0.3, 0.4) is 0 Å². The van der Waals surface area contributed by atoms with Gasteiger partial charge in [0.1, 0.15) is 5.82 Å². The van der Waals surface area contributed by atoms with Crippen molar-refractivity contribution in [3.63, 3.8) is 0 Å². The predicted octanol–water partition coefficient (Wildman–Crippen LogP) is 4.35. The number of nitro benzene ring substituents is 1. The maximum atomic E-state index is 12.8. The second-order valence-corrected chi connectivity index (χ2v) is 6.47. The summed E-state index contributed by atoms with van der Waals surface area (Å²) in [5, 5.41) is 14.3. The Bertz CT molecular complexity index is 1180. The van der Waals surface area contributed by atoms with Crippen LogP contribution in [0, 0.1) is 10.1 Å². The molecule has 4 rings (SSSR count). The fraction of sp³-hybridized carbons (Fsp3) is 0.0455. The highest BCUT2D eigenvalue weighted by Crippen LogP contribution is 2.29. The molecule has 0 bridgehead atoms. The minimum atomic E-state index is -0.464. The van der Waals surface area contributed by atoms with Crippen molar-refractivity contribution < 1.29 is 4.92 Å². The second-order valence-electron chi connectivity index (χ2n) is 6.47. The number of hydrogen-bond donors (Lipinski definition) is 2. The van der Waals surface area contributed by atoms with E-state index in [1.54, 1.807) is 12.1 Å². The van der Waals surface area contributed by atoms with Gasteiger partial charge in [-0.25, -0.2) is 4.79 Å². The van der Waals surface area contributed by atoms with Gasteiger partial charge >= 0.3 is 5.69 Å². The first-order valence-electron chi connectivity index (χ1n) is 9.06. The number of H-pyrrole nitrogens is 1. The van der Waals surface area contributed by atoms with Crippen molar-refractivity contribution in [1.82, 2.24) is 9.55 Å². The molecule has 0 spiro atoms. The molecule has 0 aliphatic heterocycles. The first kappa shape index (κ1) is 18.2. The van der Waals surface area contributed by atoms with E-state index in [1.807, 2.05) is 60.7 Å². The van der Waals surface area contributed by atoms with Crippen molar-refractivity contribution in [3.05, 3.63) is 111 Å². The van der Waals surface area contributed by atoms with Crippen LogP contribution in [0.1, 0.15) is 5.56 Å². The van der Waals surface area contributed by atoms with Crippen molar-refractivity contribution in [3.8, 4) is 16.9 Å². The van der Waals surface area contributed by atoms with Crippen molar-refractivity contribution >= 4 is 11.5 Å². The zero-order valence-corrected chi connectivity index (χ0v) is 15.4. The molecule has 144 valence electrons. The third-order valence-electron chi connectivity index (χ3n) is 4.57. The topological polar surface area (TPSA) is 93.0 Å². The van der Waals surface area contributed by atoms with Crippen LogP contribution in [-0.2, 0) is 6.54 Å². The molecule has 7 heteroatoms. The molecule has 0 fully saturated rings. The smallest absolute Gasteiger partial charge is 0.332 e. The van der Waals surface area contributed by atoms with Gasteiger partial charge in [-0.15, -0.1) is 0 Å². The number of anilines is 1. The number of rotatable bonds is 6. The van der Waals surface area contributed by atoms with E-state index in [0.29, 0.717) is 23.7 Å². The lowest BCUT2D eigenvalue weighted by Gasteiger charge is -2.11. The van der Waals surface area contributed by atoms with E-state index in [1.165, 1.54) is 16.7 Å². The van der Waals surface area contributed by atoms with E-state index >= 15 is 0 Å². The lowest BCUT2D eigenvalue weighted by atomic mass is 10.1. The molecule has 0 atom stereocenters. The summed E-state index contributed by atoms with van der Waals surface area (Å²) in [4.78, 5) is 26.2. The highest BCUT2D eigenvalue weighted by atomic mass is 16.6. The van der Waals surface area contributed by atoms with E-state index < -0.39 is 4.92 Å². The average Bonchev–Trinajstić information content (AvgIpc) is 3.09. The summed E-state index contributed by atoms with van der Waals surface area (Å²) in [6, 6.07) is 25.3. The maximum Gasteiger partial charge on any atom is 0.332 e. The number of aromatic nitrogens is 2. The lowest BCUT2D eigenvalue weighted by Crippen LogP contribution is -2.15. The predicted molar refractivity (Wildman–Crippen MR) is 112 cm³/mol. The molecule has 0 saturated heterocycles. The van der Waals surface area contributed by atoms with Crippen LogP contribution in [0.4, 0.5) is 11.5 Å². The Morgan fingerprint density at radius 1 is 0.897 bits per heavy atom. The van der Waals surface area contributed by atoms with E-state index in [0.717, 1.165) is 11.1 Å². The highest BCUT2D eigenvalue weighted by Gasteiger charge is 2.18. The first-order valence-corrected chi connectivity index (χ1v) is 9.06. The third kappa shape index (κ3) is 3.79.